The van der Waals surface area contributed by atoms with E-state index in [1.165, 1.54) is 12.1 Å². The van der Waals surface area contributed by atoms with Crippen molar-refractivity contribution in [2.45, 2.75) is 4.90 Å². The first-order valence-electron chi connectivity index (χ1n) is 6.30. The topological polar surface area (TPSA) is 43.4 Å². The standard InChI is InChI=1S/C16H12BrFO3S/c1-22-12-5-2-10(3-6-12)15(19)9-21-16(20)13-8-11(18)4-7-14(13)17/h2-8H,9H2,1H3. The number of ether oxygens (including phenoxy) is 1. The maximum atomic E-state index is 13.1. The first-order chi connectivity index (χ1) is 10.5. The summed E-state index contributed by atoms with van der Waals surface area (Å²) in [5, 5.41) is 0. The Morgan fingerprint density at radius 1 is 1.18 bits per heavy atom. The molecule has 0 radical (unpaired) electrons. The van der Waals surface area contributed by atoms with E-state index in [1.54, 1.807) is 23.9 Å². The number of benzene rings is 2. The molecule has 6 heteroatoms. The van der Waals surface area contributed by atoms with Gasteiger partial charge in [-0.05, 0) is 52.5 Å². The molecule has 0 aliphatic heterocycles. The van der Waals surface area contributed by atoms with Crippen molar-refractivity contribution in [2.75, 3.05) is 12.9 Å². The zero-order valence-electron chi connectivity index (χ0n) is 11.6. The smallest absolute Gasteiger partial charge is 0.339 e. The van der Waals surface area contributed by atoms with Crippen molar-refractivity contribution in [3.63, 3.8) is 0 Å². The zero-order chi connectivity index (χ0) is 16.1. The average Bonchev–Trinajstić information content (AvgIpc) is 2.54. The number of hydrogen-bond acceptors (Lipinski definition) is 4. The van der Waals surface area contributed by atoms with Crippen LogP contribution in [0.1, 0.15) is 20.7 Å². The fraction of sp³-hybridized carbons (Fsp3) is 0.125. The molecule has 2 rings (SSSR count). The van der Waals surface area contributed by atoms with Gasteiger partial charge in [0.25, 0.3) is 0 Å². The molecule has 2 aromatic carbocycles. The number of carbonyl (C=O) groups is 2. The number of thioether (sulfide) groups is 1. The molecular weight excluding hydrogens is 371 g/mol. The molecule has 0 fully saturated rings. The van der Waals surface area contributed by atoms with Gasteiger partial charge < -0.3 is 4.74 Å². The van der Waals surface area contributed by atoms with Crippen LogP contribution in [0.3, 0.4) is 0 Å². The minimum absolute atomic E-state index is 0.0468. The summed E-state index contributed by atoms with van der Waals surface area (Å²) in [5.74, 6) is -1.61. The molecule has 0 N–H and O–H groups in total. The van der Waals surface area contributed by atoms with E-state index in [9.17, 15) is 14.0 Å². The van der Waals surface area contributed by atoms with Crippen LogP contribution < -0.4 is 0 Å². The molecule has 0 bridgehead atoms. The number of ketones is 1. The van der Waals surface area contributed by atoms with E-state index < -0.39 is 11.8 Å². The Morgan fingerprint density at radius 2 is 1.86 bits per heavy atom. The third kappa shape index (κ3) is 4.18. The van der Waals surface area contributed by atoms with Gasteiger partial charge in [-0.25, -0.2) is 9.18 Å². The van der Waals surface area contributed by atoms with Crippen LogP contribution in [0.15, 0.2) is 51.8 Å². The number of hydrogen-bond donors (Lipinski definition) is 0. The average molecular weight is 383 g/mol. The second-order valence-electron chi connectivity index (χ2n) is 4.35. The van der Waals surface area contributed by atoms with E-state index in [-0.39, 0.29) is 18.0 Å². The molecule has 2 aromatic rings. The highest BCUT2D eigenvalue weighted by molar-refractivity contribution is 9.10. The molecule has 0 amide bonds. The summed E-state index contributed by atoms with van der Waals surface area (Å²) >= 11 is 4.71. The summed E-state index contributed by atoms with van der Waals surface area (Å²) in [5.41, 5.74) is 0.509. The predicted octanol–water partition coefficient (Wildman–Crippen LogP) is 4.35. The molecule has 0 saturated heterocycles. The summed E-state index contributed by atoms with van der Waals surface area (Å²) in [4.78, 5) is 24.9. The van der Waals surface area contributed by atoms with Crippen LogP contribution in [0.5, 0.6) is 0 Å². The molecule has 0 unspecified atom stereocenters. The highest BCUT2D eigenvalue weighted by Crippen LogP contribution is 2.19. The normalized spacial score (nSPS) is 10.3. The summed E-state index contributed by atoms with van der Waals surface area (Å²) in [6.45, 7) is -0.388. The van der Waals surface area contributed by atoms with Gasteiger partial charge in [-0.3, -0.25) is 4.79 Å². The lowest BCUT2D eigenvalue weighted by molar-refractivity contribution is 0.0473. The third-order valence-corrected chi connectivity index (χ3v) is 4.33. The van der Waals surface area contributed by atoms with Crippen LogP contribution in [-0.4, -0.2) is 24.6 Å². The second kappa shape index (κ2) is 7.56. The van der Waals surface area contributed by atoms with Crippen molar-refractivity contribution in [2.24, 2.45) is 0 Å². The lowest BCUT2D eigenvalue weighted by Crippen LogP contribution is -2.14. The van der Waals surface area contributed by atoms with Crippen LogP contribution in [0.25, 0.3) is 0 Å². The Balaban J connectivity index is 2.00. The Morgan fingerprint density at radius 3 is 2.50 bits per heavy atom. The molecule has 0 atom stereocenters. The van der Waals surface area contributed by atoms with E-state index in [0.29, 0.717) is 10.0 Å². The Hall–Kier alpha value is -1.66. The number of Topliss-reactive ketones (excluding diaryl/α,β-unsaturated/α-hetero) is 1. The fourth-order valence-corrected chi connectivity index (χ4v) is 2.54. The van der Waals surface area contributed by atoms with Crippen molar-refractivity contribution in [3.8, 4) is 0 Å². The molecule has 3 nitrogen and oxygen atoms in total. The number of esters is 1. The van der Waals surface area contributed by atoms with E-state index >= 15 is 0 Å². The van der Waals surface area contributed by atoms with Gasteiger partial charge in [0.2, 0.25) is 0 Å². The Bertz CT molecular complexity index is 701. The fourth-order valence-electron chi connectivity index (χ4n) is 1.72. The molecule has 0 aliphatic rings. The van der Waals surface area contributed by atoms with E-state index in [2.05, 4.69) is 15.9 Å². The summed E-state index contributed by atoms with van der Waals surface area (Å²) < 4.78 is 18.5. The molecule has 22 heavy (non-hydrogen) atoms. The number of carbonyl (C=O) groups excluding carboxylic acids is 2. The number of halogens is 2. The summed E-state index contributed by atoms with van der Waals surface area (Å²) in [7, 11) is 0. The van der Waals surface area contributed by atoms with E-state index in [4.69, 9.17) is 4.74 Å². The quantitative estimate of drug-likeness (QED) is 0.438. The summed E-state index contributed by atoms with van der Waals surface area (Å²) in [6, 6.07) is 10.7. The zero-order valence-corrected chi connectivity index (χ0v) is 14.0. The van der Waals surface area contributed by atoms with Crippen LogP contribution >= 0.6 is 27.7 Å². The van der Waals surface area contributed by atoms with Gasteiger partial charge >= 0.3 is 5.97 Å². The first-order valence-corrected chi connectivity index (χ1v) is 8.32. The largest absolute Gasteiger partial charge is 0.454 e. The molecule has 0 saturated carbocycles. The molecule has 0 heterocycles. The minimum atomic E-state index is -0.750. The molecule has 114 valence electrons. The van der Waals surface area contributed by atoms with Crippen LogP contribution in [-0.2, 0) is 4.74 Å². The monoisotopic (exact) mass is 382 g/mol. The van der Waals surface area contributed by atoms with Gasteiger partial charge in [0.05, 0.1) is 5.56 Å². The number of rotatable bonds is 5. The van der Waals surface area contributed by atoms with Crippen molar-refractivity contribution in [1.29, 1.82) is 0 Å². The lowest BCUT2D eigenvalue weighted by atomic mass is 10.1. The van der Waals surface area contributed by atoms with Gasteiger partial charge in [0.15, 0.2) is 12.4 Å². The van der Waals surface area contributed by atoms with Crippen molar-refractivity contribution >= 4 is 39.4 Å². The van der Waals surface area contributed by atoms with Crippen molar-refractivity contribution in [1.82, 2.24) is 0 Å². The molecule has 0 aliphatic carbocycles. The Labute approximate surface area is 140 Å². The molecule has 0 spiro atoms. The lowest BCUT2D eigenvalue weighted by Gasteiger charge is -2.06. The SMILES string of the molecule is CSc1ccc(C(=O)COC(=O)c2cc(F)ccc2Br)cc1. The summed E-state index contributed by atoms with van der Waals surface area (Å²) in [6.07, 6.45) is 1.94. The maximum absolute atomic E-state index is 13.1. The van der Waals surface area contributed by atoms with Gasteiger partial charge in [-0.1, -0.05) is 12.1 Å². The Kier molecular flexibility index (Phi) is 5.74. The van der Waals surface area contributed by atoms with Crippen LogP contribution in [0.4, 0.5) is 4.39 Å². The molecular formula is C16H12BrFO3S. The maximum Gasteiger partial charge on any atom is 0.339 e. The van der Waals surface area contributed by atoms with E-state index in [1.807, 2.05) is 18.4 Å². The van der Waals surface area contributed by atoms with Gasteiger partial charge in [-0.2, -0.15) is 0 Å². The van der Waals surface area contributed by atoms with Crippen molar-refractivity contribution in [3.05, 3.63) is 63.9 Å². The van der Waals surface area contributed by atoms with Gasteiger partial charge in [0.1, 0.15) is 5.82 Å². The first kappa shape index (κ1) is 16.7. The van der Waals surface area contributed by atoms with Gasteiger partial charge in [-0.15, -0.1) is 11.8 Å². The van der Waals surface area contributed by atoms with Crippen LogP contribution in [0, 0.1) is 5.82 Å². The molecule has 0 aromatic heterocycles. The van der Waals surface area contributed by atoms with Crippen molar-refractivity contribution < 1.29 is 18.7 Å². The van der Waals surface area contributed by atoms with Crippen LogP contribution in [0.2, 0.25) is 0 Å². The van der Waals surface area contributed by atoms with E-state index in [0.717, 1.165) is 11.0 Å². The third-order valence-electron chi connectivity index (χ3n) is 2.89. The minimum Gasteiger partial charge on any atom is -0.454 e. The predicted molar refractivity (Wildman–Crippen MR) is 86.9 cm³/mol. The highest BCUT2D eigenvalue weighted by atomic mass is 79.9. The second-order valence-corrected chi connectivity index (χ2v) is 6.09. The highest BCUT2D eigenvalue weighted by Gasteiger charge is 2.15. The van der Waals surface area contributed by atoms with Gasteiger partial charge in [0, 0.05) is 14.9 Å².